The minimum atomic E-state index is -0.251. The number of hydrogen-bond acceptors (Lipinski definition) is 4. The van der Waals surface area contributed by atoms with Gasteiger partial charge in [-0.1, -0.05) is 27.2 Å². The first-order chi connectivity index (χ1) is 14.3. The molecule has 0 saturated heterocycles. The van der Waals surface area contributed by atoms with Crippen LogP contribution in [0.3, 0.4) is 0 Å². The lowest BCUT2D eigenvalue weighted by Gasteiger charge is -2.25. The van der Waals surface area contributed by atoms with E-state index in [-0.39, 0.29) is 29.6 Å². The Bertz CT molecular complexity index is 915. The Morgan fingerprint density at radius 1 is 1.23 bits per heavy atom. The number of amides is 2. The molecule has 162 valence electrons. The summed E-state index contributed by atoms with van der Waals surface area (Å²) >= 11 is 0. The first-order valence-electron chi connectivity index (χ1n) is 10.8. The molecule has 0 spiro atoms. The fraction of sp³-hybridized carbons (Fsp3) is 0.522. The van der Waals surface area contributed by atoms with Crippen molar-refractivity contribution in [2.45, 2.75) is 71.8 Å². The van der Waals surface area contributed by atoms with Crippen molar-refractivity contribution < 1.29 is 14.7 Å². The highest BCUT2D eigenvalue weighted by Gasteiger charge is 2.28. The molecule has 1 unspecified atom stereocenters. The number of carbonyl (C=O) groups is 2. The van der Waals surface area contributed by atoms with E-state index < -0.39 is 0 Å². The number of rotatable bonds is 7. The van der Waals surface area contributed by atoms with E-state index in [4.69, 9.17) is 0 Å². The predicted molar refractivity (Wildman–Crippen MR) is 118 cm³/mol. The first-order valence-corrected chi connectivity index (χ1v) is 10.8. The molecule has 1 aromatic carbocycles. The maximum Gasteiger partial charge on any atom is 0.342 e. The molecule has 1 fully saturated rings. The van der Waals surface area contributed by atoms with Gasteiger partial charge in [0.25, 0.3) is 0 Å². The zero-order valence-corrected chi connectivity index (χ0v) is 18.2. The van der Waals surface area contributed by atoms with Crippen LogP contribution in [0.25, 0.3) is 11.3 Å². The average Bonchev–Trinajstić information content (AvgIpc) is 3.05. The molecule has 7 nitrogen and oxygen atoms in total. The minimum absolute atomic E-state index is 0.0484. The van der Waals surface area contributed by atoms with Gasteiger partial charge in [0.1, 0.15) is 5.75 Å². The van der Waals surface area contributed by atoms with Crippen LogP contribution in [-0.2, 0) is 4.79 Å². The highest BCUT2D eigenvalue weighted by molar-refractivity contribution is 5.92. The lowest BCUT2D eigenvalue weighted by atomic mass is 9.82. The van der Waals surface area contributed by atoms with Crippen molar-refractivity contribution in [3.8, 4) is 17.0 Å². The molecular formula is C23H32N4O3. The Hall–Kier alpha value is -2.83. The monoisotopic (exact) mass is 412 g/mol. The van der Waals surface area contributed by atoms with Crippen LogP contribution in [-0.4, -0.2) is 32.9 Å². The molecule has 7 heteroatoms. The Morgan fingerprint density at radius 2 is 1.97 bits per heavy atom. The molecule has 0 aliphatic heterocycles. The number of benzene rings is 1. The van der Waals surface area contributed by atoms with Gasteiger partial charge in [0.05, 0.1) is 11.4 Å². The zero-order valence-electron chi connectivity index (χ0n) is 18.2. The summed E-state index contributed by atoms with van der Waals surface area (Å²) < 4.78 is 1.44. The molecule has 3 N–H and O–H groups in total. The first kappa shape index (κ1) is 21.9. The second kappa shape index (κ2) is 9.32. The van der Waals surface area contributed by atoms with E-state index in [0.717, 1.165) is 31.4 Å². The topological polar surface area (TPSA) is 96.3 Å². The largest absolute Gasteiger partial charge is 0.507 e. The lowest BCUT2D eigenvalue weighted by Crippen LogP contribution is -2.37. The zero-order chi connectivity index (χ0) is 21.8. The molecule has 1 heterocycles. The summed E-state index contributed by atoms with van der Waals surface area (Å²) in [5.41, 5.74) is 2.48. The molecule has 3 rings (SSSR count). The number of nitrogens with zero attached hydrogens (tertiary/aromatic N) is 2. The quantitative estimate of drug-likeness (QED) is 0.566. The van der Waals surface area contributed by atoms with Gasteiger partial charge in [0, 0.05) is 29.6 Å². The molecule has 1 atom stereocenters. The summed E-state index contributed by atoms with van der Waals surface area (Å²) in [7, 11) is 0. The standard InChI is InChI=1S/C23H32N4O3/c1-5-15(4)24-23(30)27-20(16-7-6-8-16)13-19(26-27)18-12-17(9-10-21(18)28)25-22(29)11-14(2)3/h9-10,12-16,28H,5-8,11H2,1-4H3,(H,24,30)(H,25,29). The van der Waals surface area contributed by atoms with Crippen molar-refractivity contribution in [1.29, 1.82) is 0 Å². The summed E-state index contributed by atoms with van der Waals surface area (Å²) in [6.45, 7) is 7.95. The van der Waals surface area contributed by atoms with Crippen molar-refractivity contribution in [3.05, 3.63) is 30.0 Å². The molecule has 0 radical (unpaired) electrons. The van der Waals surface area contributed by atoms with E-state index in [2.05, 4.69) is 15.7 Å². The van der Waals surface area contributed by atoms with Crippen molar-refractivity contribution in [3.63, 3.8) is 0 Å². The van der Waals surface area contributed by atoms with Gasteiger partial charge in [0.15, 0.2) is 0 Å². The molecule has 1 aromatic heterocycles. The number of aromatic nitrogens is 2. The third kappa shape index (κ3) is 5.01. The Kier molecular flexibility index (Phi) is 6.80. The van der Waals surface area contributed by atoms with Gasteiger partial charge >= 0.3 is 6.03 Å². The van der Waals surface area contributed by atoms with E-state index in [9.17, 15) is 14.7 Å². The summed E-state index contributed by atoms with van der Waals surface area (Å²) in [6.07, 6.45) is 4.45. The van der Waals surface area contributed by atoms with Crippen molar-refractivity contribution in [2.75, 3.05) is 5.32 Å². The fourth-order valence-electron chi connectivity index (χ4n) is 3.46. The molecule has 1 aliphatic carbocycles. The summed E-state index contributed by atoms with van der Waals surface area (Å²) in [5.74, 6) is 0.538. The van der Waals surface area contributed by atoms with Crippen molar-refractivity contribution >= 4 is 17.6 Å². The lowest BCUT2D eigenvalue weighted by molar-refractivity contribution is -0.116. The SMILES string of the molecule is CCC(C)NC(=O)n1nc(-c2cc(NC(=O)CC(C)C)ccc2O)cc1C1CCC1. The third-order valence-electron chi connectivity index (χ3n) is 5.58. The van der Waals surface area contributed by atoms with Crippen LogP contribution in [0, 0.1) is 5.92 Å². The van der Waals surface area contributed by atoms with Crippen LogP contribution in [0.4, 0.5) is 10.5 Å². The Labute approximate surface area is 177 Å². The predicted octanol–water partition coefficient (Wildman–Crippen LogP) is 4.86. The van der Waals surface area contributed by atoms with Crippen LogP contribution in [0.2, 0.25) is 0 Å². The average molecular weight is 413 g/mol. The summed E-state index contributed by atoms with van der Waals surface area (Å²) in [4.78, 5) is 24.9. The molecule has 1 aliphatic rings. The van der Waals surface area contributed by atoms with Crippen LogP contribution in [0.1, 0.15) is 71.4 Å². The van der Waals surface area contributed by atoms with Crippen molar-refractivity contribution in [1.82, 2.24) is 15.1 Å². The molecular weight excluding hydrogens is 380 g/mol. The van der Waals surface area contributed by atoms with Crippen LogP contribution < -0.4 is 10.6 Å². The van der Waals surface area contributed by atoms with Gasteiger partial charge in [-0.05, 0) is 56.4 Å². The maximum absolute atomic E-state index is 12.8. The normalized spacial score (nSPS) is 15.0. The van der Waals surface area contributed by atoms with Gasteiger partial charge in [-0.2, -0.15) is 9.78 Å². The second-order valence-electron chi connectivity index (χ2n) is 8.63. The molecule has 1 saturated carbocycles. The Morgan fingerprint density at radius 3 is 2.57 bits per heavy atom. The van der Waals surface area contributed by atoms with Gasteiger partial charge in [0.2, 0.25) is 5.91 Å². The van der Waals surface area contributed by atoms with Crippen LogP contribution in [0.15, 0.2) is 24.3 Å². The van der Waals surface area contributed by atoms with E-state index in [0.29, 0.717) is 29.3 Å². The summed E-state index contributed by atoms with van der Waals surface area (Å²) in [6, 6.07) is 6.59. The smallest absolute Gasteiger partial charge is 0.342 e. The molecule has 2 aromatic rings. The number of anilines is 1. The maximum atomic E-state index is 12.8. The van der Waals surface area contributed by atoms with E-state index in [1.807, 2.05) is 33.8 Å². The van der Waals surface area contributed by atoms with Gasteiger partial charge in [-0.3, -0.25) is 4.79 Å². The molecule has 2 amide bonds. The number of carbonyl (C=O) groups excluding carboxylic acids is 2. The number of aromatic hydroxyl groups is 1. The molecule has 0 bridgehead atoms. The van der Waals surface area contributed by atoms with Gasteiger partial charge in [-0.25, -0.2) is 4.79 Å². The van der Waals surface area contributed by atoms with Crippen LogP contribution in [0.5, 0.6) is 5.75 Å². The Balaban J connectivity index is 1.92. The van der Waals surface area contributed by atoms with E-state index >= 15 is 0 Å². The van der Waals surface area contributed by atoms with E-state index in [1.165, 1.54) is 4.68 Å². The van der Waals surface area contributed by atoms with Crippen LogP contribution >= 0.6 is 0 Å². The number of phenols is 1. The molecule has 30 heavy (non-hydrogen) atoms. The van der Waals surface area contributed by atoms with Gasteiger partial charge < -0.3 is 15.7 Å². The third-order valence-corrected chi connectivity index (χ3v) is 5.58. The minimum Gasteiger partial charge on any atom is -0.507 e. The van der Waals surface area contributed by atoms with E-state index in [1.54, 1.807) is 18.2 Å². The van der Waals surface area contributed by atoms with Crippen molar-refractivity contribution in [2.24, 2.45) is 5.92 Å². The fourth-order valence-corrected chi connectivity index (χ4v) is 3.46. The van der Waals surface area contributed by atoms with Gasteiger partial charge in [-0.15, -0.1) is 0 Å². The highest BCUT2D eigenvalue weighted by atomic mass is 16.3. The highest BCUT2D eigenvalue weighted by Crippen LogP contribution is 2.39. The number of hydrogen-bond donors (Lipinski definition) is 3. The number of nitrogens with one attached hydrogen (secondary N) is 2. The number of phenolic OH excluding ortho intramolecular Hbond substituents is 1. The summed E-state index contributed by atoms with van der Waals surface area (Å²) in [5, 5.41) is 20.8. The second-order valence-corrected chi connectivity index (χ2v) is 8.63.